The van der Waals surface area contributed by atoms with E-state index in [0.29, 0.717) is 55.3 Å². The lowest BCUT2D eigenvalue weighted by Crippen LogP contribution is -2.52. The number of imide groups is 1. The minimum absolute atomic E-state index is 0.000423. The topological polar surface area (TPSA) is 174 Å². The predicted molar refractivity (Wildman–Crippen MR) is 230 cm³/mol. The number of carbonyl (C=O) groups excluding carboxylic acids is 6. The first-order chi connectivity index (χ1) is 29.6. The molecule has 5 aliphatic rings. The lowest BCUT2D eigenvalue weighted by molar-refractivity contribution is -0.137. The molecule has 15 heteroatoms. The zero-order valence-electron chi connectivity index (χ0n) is 34.8. The summed E-state index contributed by atoms with van der Waals surface area (Å²) >= 11 is 6.21. The summed E-state index contributed by atoms with van der Waals surface area (Å²) in [5.74, 6) is -0.0246. The minimum atomic E-state index is -0.603. The summed E-state index contributed by atoms with van der Waals surface area (Å²) in [4.78, 5) is 91.5. The molecule has 14 nitrogen and oxygen atoms in total. The highest BCUT2D eigenvalue weighted by Crippen LogP contribution is 2.44. The molecule has 2 aromatic carbocycles. The summed E-state index contributed by atoms with van der Waals surface area (Å²) < 4.78 is 0. The molecule has 3 aromatic rings. The lowest BCUT2D eigenvalue weighted by Gasteiger charge is -2.38. The molecule has 5 heterocycles. The van der Waals surface area contributed by atoms with E-state index in [1.807, 2.05) is 36.1 Å². The molecule has 2 saturated heterocycles. The Kier molecular flexibility index (Phi) is 13.0. The molecule has 0 radical (unpaired) electrons. The van der Waals surface area contributed by atoms with Gasteiger partial charge in [-0.05, 0) is 72.9 Å². The average molecular weight is 851 g/mol. The number of halogens is 1. The summed E-state index contributed by atoms with van der Waals surface area (Å²) in [7, 11) is 0. The van der Waals surface area contributed by atoms with E-state index in [1.54, 1.807) is 17.0 Å². The first-order valence-electron chi connectivity index (χ1n) is 22.1. The molecule has 3 fully saturated rings. The van der Waals surface area contributed by atoms with Gasteiger partial charge in [0, 0.05) is 61.6 Å². The van der Waals surface area contributed by atoms with E-state index in [-0.39, 0.29) is 66.4 Å². The van der Waals surface area contributed by atoms with Crippen LogP contribution in [-0.2, 0) is 36.9 Å². The van der Waals surface area contributed by atoms with Gasteiger partial charge in [-0.25, -0.2) is 9.97 Å². The normalized spacial score (nSPS) is 22.2. The highest BCUT2D eigenvalue weighted by atomic mass is 35.5. The fourth-order valence-electron chi connectivity index (χ4n) is 9.75. The van der Waals surface area contributed by atoms with E-state index in [0.717, 1.165) is 92.3 Å². The molecule has 8 rings (SSSR count). The summed E-state index contributed by atoms with van der Waals surface area (Å²) in [6.07, 6.45) is 12.9. The van der Waals surface area contributed by atoms with Crippen LogP contribution >= 0.6 is 11.6 Å². The molecule has 0 bridgehead atoms. The van der Waals surface area contributed by atoms with E-state index in [4.69, 9.17) is 11.6 Å². The monoisotopic (exact) mass is 850 g/mol. The van der Waals surface area contributed by atoms with Crippen LogP contribution in [-0.4, -0.2) is 93.0 Å². The standard InChI is InChI=1S/C46H55ClN8O6/c1-28-23-40(58)51-42-41(28)43(50-27-49-42)53-21-22-54(37-24-36(37)53)46(61)33(30-15-17-31(47)18-16-30)25-48-38(56)14-9-7-5-3-2-4-6-8-11-29-12-10-13-32-34(29)26-55(45(32)60)35-19-20-39(57)52-44(35)59/h10,12-13,15-18,27-28,33,35-37H,2-9,11,14,19-26H2,1H3,(H,48,56)(H,52,57,59)(H,49,50,51,58)/t28-,33-,35?,36+,37-/m1/s1. The maximum atomic E-state index is 14.3. The van der Waals surface area contributed by atoms with Crippen molar-refractivity contribution in [3.63, 3.8) is 0 Å². The van der Waals surface area contributed by atoms with Crippen LogP contribution in [0.4, 0.5) is 11.6 Å². The Morgan fingerprint density at radius 2 is 1.62 bits per heavy atom. The molecule has 4 aliphatic heterocycles. The van der Waals surface area contributed by atoms with E-state index < -0.39 is 12.0 Å². The number of unbranched alkanes of at least 4 members (excludes halogenated alkanes) is 7. The smallest absolute Gasteiger partial charge is 0.255 e. The molecule has 5 atom stereocenters. The van der Waals surface area contributed by atoms with Crippen molar-refractivity contribution >= 4 is 58.7 Å². The van der Waals surface area contributed by atoms with E-state index in [9.17, 15) is 28.8 Å². The molecular weight excluding hydrogens is 796 g/mol. The predicted octanol–water partition coefficient (Wildman–Crippen LogP) is 5.78. The Labute approximate surface area is 361 Å². The molecule has 61 heavy (non-hydrogen) atoms. The molecule has 1 aromatic heterocycles. The number of benzene rings is 2. The van der Waals surface area contributed by atoms with Crippen LogP contribution in [0.25, 0.3) is 0 Å². The van der Waals surface area contributed by atoms with Crippen LogP contribution in [0.3, 0.4) is 0 Å². The van der Waals surface area contributed by atoms with Gasteiger partial charge in [0.1, 0.15) is 24.0 Å². The second-order valence-electron chi connectivity index (χ2n) is 17.3. The maximum absolute atomic E-state index is 14.3. The van der Waals surface area contributed by atoms with E-state index >= 15 is 0 Å². The van der Waals surface area contributed by atoms with Crippen LogP contribution in [0, 0.1) is 0 Å². The van der Waals surface area contributed by atoms with Gasteiger partial charge in [0.15, 0.2) is 0 Å². The molecule has 1 aliphatic carbocycles. The summed E-state index contributed by atoms with van der Waals surface area (Å²) in [5.41, 5.74) is 4.61. The molecule has 322 valence electrons. The Morgan fingerprint density at radius 1 is 0.869 bits per heavy atom. The van der Waals surface area contributed by atoms with Crippen molar-refractivity contribution in [2.75, 3.05) is 29.9 Å². The Balaban J connectivity index is 0.741. The summed E-state index contributed by atoms with van der Waals surface area (Å²) in [6, 6.07) is 12.7. The van der Waals surface area contributed by atoms with Gasteiger partial charge in [-0.3, -0.25) is 34.1 Å². The average Bonchev–Trinajstić information content (AvgIpc) is 3.98. The zero-order valence-corrected chi connectivity index (χ0v) is 35.6. The van der Waals surface area contributed by atoms with E-state index in [2.05, 4.69) is 36.9 Å². The van der Waals surface area contributed by atoms with Crippen molar-refractivity contribution in [3.8, 4) is 0 Å². The van der Waals surface area contributed by atoms with Crippen LogP contribution in [0.15, 0.2) is 48.8 Å². The molecule has 1 saturated carbocycles. The summed E-state index contributed by atoms with van der Waals surface area (Å²) in [6.45, 7) is 3.79. The zero-order chi connectivity index (χ0) is 42.6. The molecule has 0 spiro atoms. The van der Waals surface area contributed by atoms with Crippen molar-refractivity contribution in [1.29, 1.82) is 0 Å². The Morgan fingerprint density at radius 3 is 2.39 bits per heavy atom. The number of nitrogens with one attached hydrogen (secondary N) is 3. The second-order valence-corrected chi connectivity index (χ2v) is 17.7. The summed E-state index contributed by atoms with van der Waals surface area (Å²) in [5, 5.41) is 8.91. The van der Waals surface area contributed by atoms with Gasteiger partial charge < -0.3 is 25.3 Å². The number of anilines is 2. The number of hydrogen-bond donors (Lipinski definition) is 3. The van der Waals surface area contributed by atoms with Gasteiger partial charge >= 0.3 is 0 Å². The molecule has 3 N–H and O–H groups in total. The largest absolute Gasteiger partial charge is 0.355 e. The quantitative estimate of drug-likeness (QED) is 0.112. The Hall–Kier alpha value is -5.37. The Bertz CT molecular complexity index is 2180. The van der Waals surface area contributed by atoms with Crippen molar-refractivity contribution in [2.24, 2.45) is 0 Å². The van der Waals surface area contributed by atoms with Gasteiger partial charge in [-0.15, -0.1) is 0 Å². The van der Waals surface area contributed by atoms with Gasteiger partial charge in [-0.2, -0.15) is 0 Å². The van der Waals surface area contributed by atoms with Crippen LogP contribution in [0.2, 0.25) is 5.02 Å². The number of hydrogen-bond acceptors (Lipinski definition) is 9. The first kappa shape index (κ1) is 42.3. The third-order valence-corrected chi connectivity index (χ3v) is 13.4. The number of piperidine rings is 1. The van der Waals surface area contributed by atoms with Crippen molar-refractivity contribution < 1.29 is 28.8 Å². The van der Waals surface area contributed by atoms with E-state index in [1.165, 1.54) is 6.33 Å². The van der Waals surface area contributed by atoms with Crippen LogP contribution in [0.5, 0.6) is 0 Å². The molecular formula is C46H55ClN8O6. The first-order valence-corrected chi connectivity index (χ1v) is 22.4. The highest BCUT2D eigenvalue weighted by molar-refractivity contribution is 6.30. The molecule has 6 amide bonds. The fraction of sp³-hybridized carbons (Fsp3) is 0.522. The van der Waals surface area contributed by atoms with Gasteiger partial charge in [0.05, 0.1) is 18.0 Å². The van der Waals surface area contributed by atoms with Crippen molar-refractivity contribution in [2.45, 2.75) is 133 Å². The number of aromatic nitrogens is 2. The van der Waals surface area contributed by atoms with Crippen molar-refractivity contribution in [1.82, 2.24) is 30.4 Å². The number of fused-ring (bicyclic) bond motifs is 3. The number of amides is 6. The SMILES string of the molecule is C[C@@H]1CC(=O)Nc2ncnc(N3CCN(C(=O)[C@H](CNC(=O)CCCCCCCCCCc4cccc5c4CN(C4CCC(=O)NC4=O)C5=O)c4ccc(Cl)cc4)[C@@H]4C[C@@H]43)c21. The minimum Gasteiger partial charge on any atom is -0.355 e. The maximum Gasteiger partial charge on any atom is 0.255 e. The highest BCUT2D eigenvalue weighted by Gasteiger charge is 2.53. The number of aryl methyl sites for hydroxylation is 1. The third-order valence-electron chi connectivity index (χ3n) is 13.1. The lowest BCUT2D eigenvalue weighted by atomic mass is 9.94. The second kappa shape index (κ2) is 18.7. The van der Waals surface area contributed by atoms with Crippen molar-refractivity contribution in [3.05, 3.63) is 81.6 Å². The van der Waals surface area contributed by atoms with Gasteiger partial charge in [0.25, 0.3) is 5.91 Å². The van der Waals surface area contributed by atoms with Gasteiger partial charge in [0.2, 0.25) is 29.5 Å². The fourth-order valence-corrected chi connectivity index (χ4v) is 9.87. The molecule has 1 unspecified atom stereocenters. The number of nitrogens with zero attached hydrogens (tertiary/aromatic N) is 5. The van der Waals surface area contributed by atoms with Crippen LogP contribution in [0.1, 0.15) is 135 Å². The number of piperazine rings is 1. The van der Waals surface area contributed by atoms with Gasteiger partial charge in [-0.1, -0.05) is 81.3 Å². The van der Waals surface area contributed by atoms with Crippen LogP contribution < -0.4 is 20.9 Å². The third kappa shape index (κ3) is 9.44. The number of rotatable bonds is 17. The number of carbonyl (C=O) groups is 6.